The third-order valence-electron chi connectivity index (χ3n) is 2.46. The van der Waals surface area contributed by atoms with Gasteiger partial charge in [0, 0.05) is 22.8 Å². The smallest absolute Gasteiger partial charge is 0.0931 e. The van der Waals surface area contributed by atoms with E-state index in [2.05, 4.69) is 5.32 Å². The first-order chi connectivity index (χ1) is 7.66. The molecule has 0 unspecified atom stereocenters. The molecule has 0 saturated heterocycles. The van der Waals surface area contributed by atoms with Gasteiger partial charge in [-0.15, -0.1) is 11.3 Å². The maximum atomic E-state index is 5.87. The molecule has 0 aliphatic carbocycles. The molecule has 0 aliphatic heterocycles. The summed E-state index contributed by atoms with van der Waals surface area (Å²) in [4.78, 5) is 1.21. The molecule has 2 rings (SSSR count). The highest BCUT2D eigenvalue weighted by molar-refractivity contribution is 7.16. The normalized spacial score (nSPS) is 10.4. The van der Waals surface area contributed by atoms with E-state index in [9.17, 15) is 0 Å². The van der Waals surface area contributed by atoms with Gasteiger partial charge in [0.25, 0.3) is 0 Å². The van der Waals surface area contributed by atoms with Crippen LogP contribution in [-0.2, 0) is 6.54 Å². The standard InChI is InChI=1S/C12H13ClN2S/c1-8-10(14)3-2-4-11(8)15-7-9-5-6-12(13)16-9/h2-6,15H,7,14H2,1H3. The van der Waals surface area contributed by atoms with Crippen LogP contribution in [0, 0.1) is 6.92 Å². The Bertz CT molecular complexity index is 494. The second kappa shape index (κ2) is 4.76. The minimum absolute atomic E-state index is 0.779. The van der Waals surface area contributed by atoms with E-state index in [0.29, 0.717) is 0 Å². The number of anilines is 2. The Balaban J connectivity index is 2.07. The van der Waals surface area contributed by atoms with Gasteiger partial charge >= 0.3 is 0 Å². The number of benzene rings is 1. The van der Waals surface area contributed by atoms with E-state index in [1.54, 1.807) is 11.3 Å². The average molecular weight is 253 g/mol. The molecular weight excluding hydrogens is 240 g/mol. The first kappa shape index (κ1) is 11.3. The molecule has 3 N–H and O–H groups in total. The Labute approximate surface area is 104 Å². The summed E-state index contributed by atoms with van der Waals surface area (Å²) in [7, 11) is 0. The quantitative estimate of drug-likeness (QED) is 0.813. The molecule has 0 radical (unpaired) electrons. The lowest BCUT2D eigenvalue weighted by molar-refractivity contribution is 1.18. The zero-order chi connectivity index (χ0) is 11.5. The Kier molecular flexibility index (Phi) is 3.36. The molecule has 16 heavy (non-hydrogen) atoms. The number of hydrogen-bond donors (Lipinski definition) is 2. The number of nitrogens with two attached hydrogens (primary N) is 1. The second-order valence-corrected chi connectivity index (χ2v) is 5.38. The minimum atomic E-state index is 0.779. The SMILES string of the molecule is Cc1c(N)cccc1NCc1ccc(Cl)s1. The molecule has 1 aromatic heterocycles. The predicted octanol–water partition coefficient (Wildman–Crippen LogP) is 3.90. The van der Waals surface area contributed by atoms with Crippen molar-refractivity contribution in [1.82, 2.24) is 0 Å². The number of rotatable bonds is 3. The molecule has 1 aromatic carbocycles. The fourth-order valence-electron chi connectivity index (χ4n) is 1.47. The van der Waals surface area contributed by atoms with Gasteiger partial charge in [0.1, 0.15) is 0 Å². The topological polar surface area (TPSA) is 38.0 Å². The maximum absolute atomic E-state index is 5.87. The van der Waals surface area contributed by atoms with Crippen molar-refractivity contribution in [3.63, 3.8) is 0 Å². The largest absolute Gasteiger partial charge is 0.398 e. The summed E-state index contributed by atoms with van der Waals surface area (Å²) < 4.78 is 0.820. The van der Waals surface area contributed by atoms with Gasteiger partial charge in [0.2, 0.25) is 0 Å². The van der Waals surface area contributed by atoms with Crippen LogP contribution in [0.15, 0.2) is 30.3 Å². The van der Waals surface area contributed by atoms with Crippen LogP contribution in [0.5, 0.6) is 0 Å². The van der Waals surface area contributed by atoms with Crippen molar-refractivity contribution >= 4 is 34.3 Å². The lowest BCUT2D eigenvalue weighted by Gasteiger charge is -2.10. The minimum Gasteiger partial charge on any atom is -0.398 e. The number of nitrogens with one attached hydrogen (secondary N) is 1. The summed E-state index contributed by atoms with van der Waals surface area (Å²) in [6.45, 7) is 2.79. The van der Waals surface area contributed by atoms with Crippen LogP contribution in [0.2, 0.25) is 4.34 Å². The number of nitrogen functional groups attached to an aromatic ring is 1. The zero-order valence-electron chi connectivity index (χ0n) is 8.96. The summed E-state index contributed by atoms with van der Waals surface area (Å²) in [5.74, 6) is 0. The monoisotopic (exact) mass is 252 g/mol. The van der Waals surface area contributed by atoms with Crippen molar-refractivity contribution in [2.24, 2.45) is 0 Å². The van der Waals surface area contributed by atoms with Crippen LogP contribution in [0.1, 0.15) is 10.4 Å². The summed E-state index contributed by atoms with van der Waals surface area (Å²) >= 11 is 7.46. The lowest BCUT2D eigenvalue weighted by atomic mass is 10.1. The highest BCUT2D eigenvalue weighted by Gasteiger charge is 2.02. The molecule has 4 heteroatoms. The van der Waals surface area contributed by atoms with Gasteiger partial charge in [-0.3, -0.25) is 0 Å². The molecule has 0 spiro atoms. The first-order valence-corrected chi connectivity index (χ1v) is 6.19. The van der Waals surface area contributed by atoms with E-state index in [1.807, 2.05) is 37.3 Å². The molecule has 0 fully saturated rings. The molecule has 0 bridgehead atoms. The third-order valence-corrected chi connectivity index (χ3v) is 3.69. The van der Waals surface area contributed by atoms with Crippen LogP contribution in [0.4, 0.5) is 11.4 Å². The lowest BCUT2D eigenvalue weighted by Crippen LogP contribution is -2.01. The van der Waals surface area contributed by atoms with Crippen molar-refractivity contribution < 1.29 is 0 Å². The molecular formula is C12H13ClN2S. The van der Waals surface area contributed by atoms with Crippen LogP contribution < -0.4 is 11.1 Å². The van der Waals surface area contributed by atoms with Gasteiger partial charge in [-0.1, -0.05) is 17.7 Å². The molecule has 0 saturated carbocycles. The van der Waals surface area contributed by atoms with E-state index in [0.717, 1.165) is 27.8 Å². The number of halogens is 1. The molecule has 2 nitrogen and oxygen atoms in total. The number of hydrogen-bond acceptors (Lipinski definition) is 3. The number of thiophene rings is 1. The molecule has 84 valence electrons. The summed E-state index contributed by atoms with van der Waals surface area (Å²) in [6, 6.07) is 9.83. The van der Waals surface area contributed by atoms with Gasteiger partial charge in [-0.2, -0.15) is 0 Å². The van der Waals surface area contributed by atoms with Gasteiger partial charge in [0.15, 0.2) is 0 Å². The van der Waals surface area contributed by atoms with E-state index in [1.165, 1.54) is 4.88 Å². The Morgan fingerprint density at radius 3 is 2.81 bits per heavy atom. The Morgan fingerprint density at radius 2 is 2.12 bits per heavy atom. The van der Waals surface area contributed by atoms with Crippen LogP contribution in [-0.4, -0.2) is 0 Å². The Hall–Kier alpha value is -1.19. The highest BCUT2D eigenvalue weighted by atomic mass is 35.5. The fourth-order valence-corrected chi connectivity index (χ4v) is 2.50. The van der Waals surface area contributed by atoms with Crippen molar-refractivity contribution in [1.29, 1.82) is 0 Å². The van der Waals surface area contributed by atoms with Crippen molar-refractivity contribution in [3.8, 4) is 0 Å². The van der Waals surface area contributed by atoms with E-state index >= 15 is 0 Å². The van der Waals surface area contributed by atoms with Crippen LogP contribution >= 0.6 is 22.9 Å². The Morgan fingerprint density at radius 1 is 1.31 bits per heavy atom. The van der Waals surface area contributed by atoms with Gasteiger partial charge in [-0.25, -0.2) is 0 Å². The van der Waals surface area contributed by atoms with Gasteiger partial charge < -0.3 is 11.1 Å². The predicted molar refractivity (Wildman–Crippen MR) is 72.2 cm³/mol. The maximum Gasteiger partial charge on any atom is 0.0931 e. The summed E-state index contributed by atoms with van der Waals surface area (Å²) in [6.07, 6.45) is 0. The van der Waals surface area contributed by atoms with Crippen molar-refractivity contribution in [2.75, 3.05) is 11.1 Å². The first-order valence-electron chi connectivity index (χ1n) is 5.00. The van der Waals surface area contributed by atoms with Crippen LogP contribution in [0.25, 0.3) is 0 Å². The molecule has 2 aromatic rings. The van der Waals surface area contributed by atoms with Crippen molar-refractivity contribution in [2.45, 2.75) is 13.5 Å². The molecule has 0 atom stereocenters. The van der Waals surface area contributed by atoms with Gasteiger partial charge in [-0.05, 0) is 36.8 Å². The van der Waals surface area contributed by atoms with Crippen LogP contribution in [0.3, 0.4) is 0 Å². The fraction of sp³-hybridized carbons (Fsp3) is 0.167. The summed E-state index contributed by atoms with van der Waals surface area (Å²) in [5.41, 5.74) is 8.81. The van der Waals surface area contributed by atoms with E-state index in [-0.39, 0.29) is 0 Å². The van der Waals surface area contributed by atoms with Gasteiger partial charge in [0.05, 0.1) is 4.34 Å². The third kappa shape index (κ3) is 2.49. The molecule has 1 heterocycles. The summed E-state index contributed by atoms with van der Waals surface area (Å²) in [5, 5.41) is 3.36. The average Bonchev–Trinajstić information content (AvgIpc) is 2.67. The van der Waals surface area contributed by atoms with E-state index in [4.69, 9.17) is 17.3 Å². The second-order valence-electron chi connectivity index (χ2n) is 3.58. The highest BCUT2D eigenvalue weighted by Crippen LogP contribution is 2.24. The van der Waals surface area contributed by atoms with E-state index < -0.39 is 0 Å². The van der Waals surface area contributed by atoms with Crippen molar-refractivity contribution in [3.05, 3.63) is 45.1 Å². The molecule has 0 aliphatic rings. The molecule has 0 amide bonds. The zero-order valence-corrected chi connectivity index (χ0v) is 10.5.